The molecule has 0 saturated heterocycles. The minimum absolute atomic E-state index is 0.122. The van der Waals surface area contributed by atoms with Crippen molar-refractivity contribution in [1.82, 2.24) is 5.32 Å². The van der Waals surface area contributed by atoms with Crippen LogP contribution in [-0.4, -0.2) is 42.5 Å². The van der Waals surface area contributed by atoms with Gasteiger partial charge in [-0.15, -0.1) is 0 Å². The van der Waals surface area contributed by atoms with Crippen LogP contribution in [0.1, 0.15) is 77.6 Å². The van der Waals surface area contributed by atoms with Gasteiger partial charge in [0.05, 0.1) is 23.8 Å². The molecular weight excluding hydrogens is 392 g/mol. The lowest BCUT2D eigenvalue weighted by atomic mass is 9.93. The number of anilines is 1. The van der Waals surface area contributed by atoms with Gasteiger partial charge in [-0.25, -0.2) is 0 Å². The van der Waals surface area contributed by atoms with Gasteiger partial charge in [0, 0.05) is 11.7 Å². The van der Waals surface area contributed by atoms with Crippen LogP contribution in [0.4, 0.5) is 5.69 Å². The number of amides is 1. The van der Waals surface area contributed by atoms with Crippen LogP contribution in [-0.2, 0) is 4.79 Å². The largest absolute Gasteiger partial charge is 0.493 e. The van der Waals surface area contributed by atoms with E-state index in [9.17, 15) is 9.59 Å². The van der Waals surface area contributed by atoms with Crippen molar-refractivity contribution >= 4 is 17.4 Å². The third-order valence-electron chi connectivity index (χ3n) is 4.74. The summed E-state index contributed by atoms with van der Waals surface area (Å²) in [5, 5.41) is 6.26. The summed E-state index contributed by atoms with van der Waals surface area (Å²) in [6, 6.07) is 5.01. The van der Waals surface area contributed by atoms with Gasteiger partial charge in [-0.05, 0) is 70.2 Å². The number of ketones is 1. The molecule has 1 amide bonds. The second-order valence-electron chi connectivity index (χ2n) is 9.45. The van der Waals surface area contributed by atoms with Gasteiger partial charge in [-0.1, -0.05) is 27.7 Å². The van der Waals surface area contributed by atoms with Crippen LogP contribution in [0.3, 0.4) is 0 Å². The van der Waals surface area contributed by atoms with E-state index in [0.717, 1.165) is 25.7 Å². The number of hydrogen-bond acceptors (Lipinski definition) is 6. The Morgan fingerprint density at radius 2 is 1.77 bits per heavy atom. The molecule has 0 heterocycles. The lowest BCUT2D eigenvalue weighted by molar-refractivity contribution is -0.118. The molecule has 0 aliphatic carbocycles. The molecule has 7 heteroatoms. The molecule has 0 aliphatic heterocycles. The maximum atomic E-state index is 12.9. The Kier molecular flexibility index (Phi) is 11.2. The Bertz CT molecular complexity index is 701. The van der Waals surface area contributed by atoms with Gasteiger partial charge >= 0.3 is 0 Å². The van der Waals surface area contributed by atoms with Gasteiger partial charge in [0.25, 0.3) is 0 Å². The molecule has 1 atom stereocenters. The molecule has 0 radical (unpaired) electrons. The summed E-state index contributed by atoms with van der Waals surface area (Å²) >= 11 is 0. The molecule has 1 rings (SSSR count). The van der Waals surface area contributed by atoms with Crippen molar-refractivity contribution in [3.05, 3.63) is 23.8 Å². The maximum absolute atomic E-state index is 12.9. The minimum atomic E-state index is -1.06. The van der Waals surface area contributed by atoms with Crippen molar-refractivity contribution in [3.63, 3.8) is 0 Å². The number of hydrogen-bond donors (Lipinski definition) is 4. The zero-order valence-corrected chi connectivity index (χ0v) is 20.1. The molecule has 0 aliphatic rings. The second-order valence-corrected chi connectivity index (χ2v) is 9.45. The number of rotatable bonds is 14. The second kappa shape index (κ2) is 12.8. The van der Waals surface area contributed by atoms with Gasteiger partial charge < -0.3 is 26.8 Å². The summed E-state index contributed by atoms with van der Waals surface area (Å²) in [4.78, 5) is 25.8. The van der Waals surface area contributed by atoms with E-state index in [1.165, 1.54) is 0 Å². The lowest BCUT2D eigenvalue weighted by Crippen LogP contribution is -2.44. The SMILES string of the molecule is CC(C)C[C@H](NC(C)C)C(=O)Nc1ccc(OCCCCCN)c(C(=O)C(C)(C)N)c1. The smallest absolute Gasteiger partial charge is 0.241 e. The molecule has 0 saturated carbocycles. The molecule has 1 aromatic rings. The van der Waals surface area contributed by atoms with E-state index in [1.54, 1.807) is 32.0 Å². The quantitative estimate of drug-likeness (QED) is 0.263. The Hall–Kier alpha value is -1.96. The first kappa shape index (κ1) is 27.1. The molecule has 0 aromatic heterocycles. The summed E-state index contributed by atoms with van der Waals surface area (Å²) in [5.41, 5.74) is 11.5. The van der Waals surface area contributed by atoms with Crippen molar-refractivity contribution in [2.45, 2.75) is 84.8 Å². The van der Waals surface area contributed by atoms with Crippen molar-refractivity contribution in [3.8, 4) is 5.75 Å². The normalized spacial score (nSPS) is 12.8. The topological polar surface area (TPSA) is 119 Å². The molecule has 0 bridgehead atoms. The first-order valence-electron chi connectivity index (χ1n) is 11.3. The predicted octanol–water partition coefficient (Wildman–Crippen LogP) is 3.47. The molecule has 0 unspecified atom stereocenters. The first-order valence-corrected chi connectivity index (χ1v) is 11.3. The summed E-state index contributed by atoms with van der Waals surface area (Å²) in [7, 11) is 0. The van der Waals surface area contributed by atoms with Gasteiger partial charge in [-0.3, -0.25) is 9.59 Å². The van der Waals surface area contributed by atoms with Gasteiger partial charge in [0.15, 0.2) is 5.78 Å². The molecular formula is C24H42N4O3. The number of nitrogens with one attached hydrogen (secondary N) is 2. The third-order valence-corrected chi connectivity index (χ3v) is 4.74. The van der Waals surface area contributed by atoms with Crippen molar-refractivity contribution in [2.75, 3.05) is 18.5 Å². The summed E-state index contributed by atoms with van der Waals surface area (Å²) in [6.45, 7) is 12.7. The highest BCUT2D eigenvalue weighted by Gasteiger charge is 2.27. The van der Waals surface area contributed by atoms with Crippen LogP contribution in [0.2, 0.25) is 0 Å². The maximum Gasteiger partial charge on any atom is 0.241 e. The Labute approximate surface area is 187 Å². The lowest BCUT2D eigenvalue weighted by Gasteiger charge is -2.23. The minimum Gasteiger partial charge on any atom is -0.493 e. The number of unbranched alkanes of at least 4 members (excludes halogenated alkanes) is 2. The fourth-order valence-electron chi connectivity index (χ4n) is 3.22. The Balaban J connectivity index is 3.05. The van der Waals surface area contributed by atoms with Gasteiger partial charge in [0.1, 0.15) is 5.75 Å². The fourth-order valence-corrected chi connectivity index (χ4v) is 3.22. The van der Waals surface area contributed by atoms with Crippen LogP contribution < -0.4 is 26.8 Å². The van der Waals surface area contributed by atoms with E-state index < -0.39 is 5.54 Å². The van der Waals surface area contributed by atoms with Crippen LogP contribution in [0, 0.1) is 5.92 Å². The summed E-state index contributed by atoms with van der Waals surface area (Å²) < 4.78 is 5.87. The average molecular weight is 435 g/mol. The van der Waals surface area contributed by atoms with Gasteiger partial charge in [-0.2, -0.15) is 0 Å². The van der Waals surface area contributed by atoms with E-state index in [2.05, 4.69) is 24.5 Å². The monoisotopic (exact) mass is 434 g/mol. The molecule has 31 heavy (non-hydrogen) atoms. The summed E-state index contributed by atoms with van der Waals surface area (Å²) in [5.74, 6) is 0.489. The van der Waals surface area contributed by atoms with E-state index >= 15 is 0 Å². The predicted molar refractivity (Wildman–Crippen MR) is 128 cm³/mol. The Morgan fingerprint density at radius 1 is 1.10 bits per heavy atom. The zero-order chi connectivity index (χ0) is 23.6. The fraction of sp³-hybridized carbons (Fsp3) is 0.667. The van der Waals surface area contributed by atoms with Crippen LogP contribution in [0.15, 0.2) is 18.2 Å². The molecule has 0 fully saturated rings. The van der Waals surface area contributed by atoms with E-state index in [4.69, 9.17) is 16.2 Å². The van der Waals surface area contributed by atoms with Crippen molar-refractivity contribution < 1.29 is 14.3 Å². The number of benzene rings is 1. The van der Waals surface area contributed by atoms with E-state index in [-0.39, 0.29) is 23.8 Å². The number of nitrogens with two attached hydrogens (primary N) is 2. The molecule has 7 nitrogen and oxygen atoms in total. The molecule has 176 valence electrons. The number of ether oxygens (including phenoxy) is 1. The van der Waals surface area contributed by atoms with E-state index in [0.29, 0.717) is 36.1 Å². The van der Waals surface area contributed by atoms with E-state index in [1.807, 2.05) is 13.8 Å². The zero-order valence-electron chi connectivity index (χ0n) is 20.1. The highest BCUT2D eigenvalue weighted by atomic mass is 16.5. The number of carbonyl (C=O) groups excluding carboxylic acids is 2. The standard InChI is InChI=1S/C24H42N4O3/c1-16(2)14-20(27-17(3)4)23(30)28-18-10-11-21(31-13-9-7-8-12-25)19(15-18)22(29)24(5,6)26/h10-11,15-17,20,27H,7-9,12-14,25-26H2,1-6H3,(H,28,30)/t20-/m0/s1. The molecule has 0 spiro atoms. The highest BCUT2D eigenvalue weighted by Crippen LogP contribution is 2.27. The summed E-state index contributed by atoms with van der Waals surface area (Å²) in [6.07, 6.45) is 3.48. The number of Topliss-reactive ketones (excluding diaryl/α,β-unsaturated/α-hetero) is 1. The van der Waals surface area contributed by atoms with Crippen LogP contribution in [0.5, 0.6) is 5.75 Å². The Morgan fingerprint density at radius 3 is 2.32 bits per heavy atom. The average Bonchev–Trinajstić information content (AvgIpc) is 2.66. The van der Waals surface area contributed by atoms with Gasteiger partial charge in [0.2, 0.25) is 5.91 Å². The third kappa shape index (κ3) is 9.80. The number of carbonyl (C=O) groups is 2. The van der Waals surface area contributed by atoms with Crippen LogP contribution in [0.25, 0.3) is 0 Å². The molecule has 1 aromatic carbocycles. The highest BCUT2D eigenvalue weighted by molar-refractivity contribution is 6.06. The first-order chi connectivity index (χ1) is 14.5. The molecule has 6 N–H and O–H groups in total. The van der Waals surface area contributed by atoms with Crippen LogP contribution >= 0.6 is 0 Å². The van der Waals surface area contributed by atoms with Crippen molar-refractivity contribution in [2.24, 2.45) is 17.4 Å². The van der Waals surface area contributed by atoms with Crippen molar-refractivity contribution in [1.29, 1.82) is 0 Å².